The predicted octanol–water partition coefficient (Wildman–Crippen LogP) is 4.03. The number of nitrogens with zero attached hydrogens (tertiary/aromatic N) is 2. The van der Waals surface area contributed by atoms with Crippen LogP contribution in [-0.2, 0) is 0 Å². The topological polar surface area (TPSA) is 53.4 Å². The van der Waals surface area contributed by atoms with Gasteiger partial charge in [0.1, 0.15) is 0 Å². The zero-order valence-corrected chi connectivity index (χ0v) is 14.3. The minimum atomic E-state index is -0.908. The van der Waals surface area contributed by atoms with Crippen LogP contribution in [0.4, 0.5) is 0 Å². The molecule has 0 spiro atoms. The summed E-state index contributed by atoms with van der Waals surface area (Å²) in [6.07, 6.45) is 4.18. The number of hydrogen-bond donors (Lipinski definition) is 1. The van der Waals surface area contributed by atoms with Gasteiger partial charge in [-0.1, -0.05) is 24.3 Å². The molecule has 2 heterocycles. The van der Waals surface area contributed by atoms with Gasteiger partial charge >= 0.3 is 5.97 Å². The van der Waals surface area contributed by atoms with E-state index in [-0.39, 0.29) is 0 Å². The molecule has 1 aromatic heterocycles. The quantitative estimate of drug-likeness (QED) is 0.922. The van der Waals surface area contributed by atoms with Crippen LogP contribution >= 0.6 is 0 Å². The number of piperidine rings is 1. The fraction of sp³-hybridized carbons (Fsp3) is 0.400. The lowest BCUT2D eigenvalue weighted by molar-refractivity contribution is 0.0697. The number of likely N-dealkylation sites (tertiary alicyclic amines) is 1. The molecule has 24 heavy (non-hydrogen) atoms. The lowest BCUT2D eigenvalue weighted by Crippen LogP contribution is -2.39. The molecule has 0 aliphatic carbocycles. The fourth-order valence-electron chi connectivity index (χ4n) is 3.44. The molecule has 1 fully saturated rings. The van der Waals surface area contributed by atoms with Gasteiger partial charge in [0.2, 0.25) is 0 Å². The Morgan fingerprint density at radius 1 is 1.25 bits per heavy atom. The van der Waals surface area contributed by atoms with Crippen molar-refractivity contribution in [1.82, 2.24) is 9.88 Å². The summed E-state index contributed by atoms with van der Waals surface area (Å²) in [5, 5.41) is 9.34. The van der Waals surface area contributed by atoms with E-state index in [4.69, 9.17) is 0 Å². The highest BCUT2D eigenvalue weighted by molar-refractivity contribution is 5.95. The Labute approximate surface area is 143 Å². The smallest absolute Gasteiger partial charge is 0.336 e. The molecule has 1 atom stereocenters. The Kier molecular flexibility index (Phi) is 4.95. The summed E-state index contributed by atoms with van der Waals surface area (Å²) >= 11 is 0. The zero-order valence-electron chi connectivity index (χ0n) is 14.3. The molecule has 126 valence electrons. The van der Waals surface area contributed by atoms with E-state index in [0.29, 0.717) is 17.5 Å². The van der Waals surface area contributed by atoms with E-state index in [0.717, 1.165) is 29.9 Å². The van der Waals surface area contributed by atoms with E-state index < -0.39 is 5.97 Å². The molecule has 1 aliphatic rings. The lowest BCUT2D eigenvalue weighted by Gasteiger charge is -2.35. The lowest BCUT2D eigenvalue weighted by atomic mass is 9.92. The summed E-state index contributed by atoms with van der Waals surface area (Å²) < 4.78 is 0. The summed E-state index contributed by atoms with van der Waals surface area (Å²) in [4.78, 5) is 18.5. The van der Waals surface area contributed by atoms with E-state index in [1.807, 2.05) is 24.4 Å². The first kappa shape index (κ1) is 16.7. The standard InChI is InChI=1S/C20H24N2O2/c1-14(2)22-11-5-6-16(13-22)19-10-9-15(12-21-19)17-7-3-4-8-18(17)20(23)24/h3-4,7-10,12,14,16H,5-6,11,13H2,1-2H3,(H,23,24)/t16-/m0/s1. The molecule has 2 aromatic rings. The number of pyridine rings is 1. The van der Waals surface area contributed by atoms with E-state index in [9.17, 15) is 9.90 Å². The predicted molar refractivity (Wildman–Crippen MR) is 95.3 cm³/mol. The SMILES string of the molecule is CC(C)N1CCC[C@H](c2ccc(-c3ccccc3C(=O)O)cn2)C1. The third-order valence-corrected chi connectivity index (χ3v) is 4.86. The molecule has 0 saturated carbocycles. The number of carbonyl (C=O) groups is 1. The van der Waals surface area contributed by atoms with Gasteiger partial charge in [0.05, 0.1) is 5.56 Å². The van der Waals surface area contributed by atoms with Gasteiger partial charge in [0.15, 0.2) is 0 Å². The van der Waals surface area contributed by atoms with Gasteiger partial charge in [-0.15, -0.1) is 0 Å². The van der Waals surface area contributed by atoms with Crippen LogP contribution in [0.15, 0.2) is 42.6 Å². The Bertz CT molecular complexity index is 710. The molecular formula is C20H24N2O2. The highest BCUT2D eigenvalue weighted by atomic mass is 16.4. The van der Waals surface area contributed by atoms with Crippen LogP contribution in [0.5, 0.6) is 0 Å². The maximum Gasteiger partial charge on any atom is 0.336 e. The summed E-state index contributed by atoms with van der Waals surface area (Å²) in [6, 6.07) is 11.7. The van der Waals surface area contributed by atoms with Crippen LogP contribution in [0, 0.1) is 0 Å². The van der Waals surface area contributed by atoms with Crippen molar-refractivity contribution in [1.29, 1.82) is 0 Å². The van der Waals surface area contributed by atoms with Crippen LogP contribution in [0.25, 0.3) is 11.1 Å². The maximum atomic E-state index is 11.4. The van der Waals surface area contributed by atoms with Crippen molar-refractivity contribution in [3.63, 3.8) is 0 Å². The second kappa shape index (κ2) is 7.14. The van der Waals surface area contributed by atoms with Crippen molar-refractivity contribution in [3.8, 4) is 11.1 Å². The maximum absolute atomic E-state index is 11.4. The first-order valence-electron chi connectivity index (χ1n) is 8.59. The number of carboxylic acid groups (broad SMARTS) is 1. The van der Waals surface area contributed by atoms with Gasteiger partial charge in [-0.3, -0.25) is 4.98 Å². The molecule has 4 heteroatoms. The summed E-state index contributed by atoms with van der Waals surface area (Å²) in [6.45, 7) is 6.69. The van der Waals surface area contributed by atoms with E-state index in [1.165, 1.54) is 12.8 Å². The number of aromatic carboxylic acids is 1. The molecule has 4 nitrogen and oxygen atoms in total. The van der Waals surface area contributed by atoms with Crippen molar-refractivity contribution in [3.05, 3.63) is 53.9 Å². The molecule has 0 radical (unpaired) electrons. The molecule has 1 aliphatic heterocycles. The van der Waals surface area contributed by atoms with Crippen molar-refractivity contribution >= 4 is 5.97 Å². The minimum Gasteiger partial charge on any atom is -0.478 e. The average Bonchev–Trinajstić information content (AvgIpc) is 2.62. The summed E-state index contributed by atoms with van der Waals surface area (Å²) in [5.74, 6) is -0.445. The van der Waals surface area contributed by atoms with Crippen LogP contribution in [-0.4, -0.2) is 40.1 Å². The summed E-state index contributed by atoms with van der Waals surface area (Å²) in [5.41, 5.74) is 3.00. The Balaban J connectivity index is 1.83. The monoisotopic (exact) mass is 324 g/mol. The second-order valence-corrected chi connectivity index (χ2v) is 6.75. The normalized spacial score (nSPS) is 18.7. The van der Waals surface area contributed by atoms with Gasteiger partial charge in [0, 0.05) is 36.0 Å². The molecule has 1 aromatic carbocycles. The minimum absolute atomic E-state index is 0.315. The highest BCUT2D eigenvalue weighted by Gasteiger charge is 2.23. The van der Waals surface area contributed by atoms with Crippen molar-refractivity contribution in [2.45, 2.75) is 38.6 Å². The van der Waals surface area contributed by atoms with Gasteiger partial charge in [0.25, 0.3) is 0 Å². The molecule has 3 rings (SSSR count). The first-order chi connectivity index (χ1) is 11.6. The van der Waals surface area contributed by atoms with Crippen molar-refractivity contribution in [2.24, 2.45) is 0 Å². The zero-order chi connectivity index (χ0) is 17.1. The van der Waals surface area contributed by atoms with Crippen LogP contribution in [0.2, 0.25) is 0 Å². The van der Waals surface area contributed by atoms with Gasteiger partial charge in [-0.25, -0.2) is 4.79 Å². The Morgan fingerprint density at radius 2 is 2.04 bits per heavy atom. The van der Waals surface area contributed by atoms with Gasteiger partial charge < -0.3 is 10.0 Å². The molecule has 0 bridgehead atoms. The number of benzene rings is 1. The molecule has 0 amide bonds. The Hall–Kier alpha value is -2.20. The molecule has 1 N–H and O–H groups in total. The van der Waals surface area contributed by atoms with Crippen LogP contribution in [0.3, 0.4) is 0 Å². The van der Waals surface area contributed by atoms with Gasteiger partial charge in [-0.2, -0.15) is 0 Å². The number of aromatic nitrogens is 1. The van der Waals surface area contributed by atoms with E-state index in [1.54, 1.807) is 12.1 Å². The number of hydrogen-bond acceptors (Lipinski definition) is 3. The first-order valence-corrected chi connectivity index (χ1v) is 8.59. The second-order valence-electron chi connectivity index (χ2n) is 6.75. The van der Waals surface area contributed by atoms with Crippen molar-refractivity contribution < 1.29 is 9.90 Å². The fourth-order valence-corrected chi connectivity index (χ4v) is 3.44. The average molecular weight is 324 g/mol. The summed E-state index contributed by atoms with van der Waals surface area (Å²) in [7, 11) is 0. The molecule has 1 saturated heterocycles. The third kappa shape index (κ3) is 3.49. The highest BCUT2D eigenvalue weighted by Crippen LogP contribution is 2.29. The van der Waals surface area contributed by atoms with E-state index >= 15 is 0 Å². The van der Waals surface area contributed by atoms with E-state index in [2.05, 4.69) is 29.8 Å². The Morgan fingerprint density at radius 3 is 2.71 bits per heavy atom. The van der Waals surface area contributed by atoms with Crippen LogP contribution < -0.4 is 0 Å². The number of rotatable bonds is 4. The van der Waals surface area contributed by atoms with Gasteiger partial charge in [-0.05, 0) is 50.9 Å². The molecular weight excluding hydrogens is 300 g/mol. The largest absolute Gasteiger partial charge is 0.478 e. The third-order valence-electron chi connectivity index (χ3n) is 4.86. The van der Waals surface area contributed by atoms with Crippen molar-refractivity contribution in [2.75, 3.05) is 13.1 Å². The molecule has 0 unspecified atom stereocenters. The van der Waals surface area contributed by atoms with Crippen LogP contribution in [0.1, 0.15) is 48.7 Å². The number of carboxylic acids is 1.